The Morgan fingerprint density at radius 2 is 2.12 bits per heavy atom. The molecule has 1 aliphatic heterocycles. The van der Waals surface area contributed by atoms with Crippen LogP contribution in [0.1, 0.15) is 28.9 Å². The van der Waals surface area contributed by atoms with E-state index >= 15 is 0 Å². The second kappa shape index (κ2) is 7.93. The minimum atomic E-state index is 0.00102. The summed E-state index contributed by atoms with van der Waals surface area (Å²) in [5, 5.41) is 3.09. The fourth-order valence-electron chi connectivity index (χ4n) is 3.00. The molecule has 1 aromatic heterocycles. The zero-order valence-corrected chi connectivity index (χ0v) is 13.9. The zero-order chi connectivity index (χ0) is 16.8. The first-order valence-corrected chi connectivity index (χ1v) is 8.35. The highest BCUT2D eigenvalue weighted by atomic mass is 16.5. The monoisotopic (exact) mass is 325 g/mol. The summed E-state index contributed by atoms with van der Waals surface area (Å²) in [5.74, 6) is 0.00102. The predicted octanol–water partition coefficient (Wildman–Crippen LogP) is 2.94. The third kappa shape index (κ3) is 3.92. The van der Waals surface area contributed by atoms with Gasteiger partial charge in [-0.05, 0) is 37.1 Å². The van der Waals surface area contributed by atoms with Crippen LogP contribution in [0.4, 0.5) is 5.69 Å². The number of rotatable bonds is 6. The summed E-state index contributed by atoms with van der Waals surface area (Å²) in [6, 6.07) is 13.3. The molecule has 1 saturated heterocycles. The number of benzene rings is 1. The number of anilines is 1. The average molecular weight is 325 g/mol. The van der Waals surface area contributed by atoms with Crippen LogP contribution in [0.15, 0.2) is 48.7 Å². The molecule has 0 radical (unpaired) electrons. The molecule has 0 unspecified atom stereocenters. The van der Waals surface area contributed by atoms with E-state index in [0.29, 0.717) is 18.7 Å². The Bertz CT molecular complexity index is 669. The summed E-state index contributed by atoms with van der Waals surface area (Å²) in [5.41, 5.74) is 2.39. The molecule has 5 nitrogen and oxygen atoms in total. The summed E-state index contributed by atoms with van der Waals surface area (Å²) in [4.78, 5) is 19.3. The molecule has 0 spiro atoms. The minimum absolute atomic E-state index is 0.00102. The maximum Gasteiger partial charge on any atom is 0.256 e. The van der Waals surface area contributed by atoms with Gasteiger partial charge in [-0.15, -0.1) is 0 Å². The van der Waals surface area contributed by atoms with Crippen molar-refractivity contribution >= 4 is 11.6 Å². The first-order chi connectivity index (χ1) is 11.8. The summed E-state index contributed by atoms with van der Waals surface area (Å²) in [6.45, 7) is 1.86. The number of para-hydroxylation sites is 1. The van der Waals surface area contributed by atoms with E-state index in [1.807, 2.05) is 54.4 Å². The summed E-state index contributed by atoms with van der Waals surface area (Å²) in [6.07, 6.45) is 3.92. The predicted molar refractivity (Wildman–Crippen MR) is 93.9 cm³/mol. The van der Waals surface area contributed by atoms with Crippen molar-refractivity contribution in [3.63, 3.8) is 0 Å². The Kier molecular flexibility index (Phi) is 5.43. The minimum Gasteiger partial charge on any atom is -0.387 e. The highest BCUT2D eigenvalue weighted by Crippen LogP contribution is 2.20. The van der Waals surface area contributed by atoms with Gasteiger partial charge in [-0.25, -0.2) is 0 Å². The number of carbonyl (C=O) groups excluding carboxylic acids is 1. The molecule has 1 amide bonds. The lowest BCUT2D eigenvalue weighted by molar-refractivity contribution is 0.0505. The SMILES string of the molecule is CNc1ccccc1C(=O)N(Cc1ccccn1)C[C@H]1CCCO1. The molecule has 126 valence electrons. The van der Waals surface area contributed by atoms with Crippen LogP contribution < -0.4 is 5.32 Å². The van der Waals surface area contributed by atoms with Crippen LogP contribution in [0.3, 0.4) is 0 Å². The summed E-state index contributed by atoms with van der Waals surface area (Å²) >= 11 is 0. The molecule has 1 aromatic carbocycles. The molecular formula is C19H23N3O2. The Morgan fingerprint density at radius 3 is 2.83 bits per heavy atom. The number of nitrogens with zero attached hydrogens (tertiary/aromatic N) is 2. The molecule has 1 fully saturated rings. The molecule has 3 rings (SSSR count). The van der Waals surface area contributed by atoms with E-state index in [1.54, 1.807) is 6.20 Å². The second-order valence-corrected chi connectivity index (χ2v) is 5.94. The van der Waals surface area contributed by atoms with E-state index in [1.165, 1.54) is 0 Å². The average Bonchev–Trinajstić information content (AvgIpc) is 3.14. The molecule has 1 N–H and O–H groups in total. The van der Waals surface area contributed by atoms with Crippen molar-refractivity contribution in [3.8, 4) is 0 Å². The van der Waals surface area contributed by atoms with Crippen molar-refractivity contribution in [3.05, 3.63) is 59.9 Å². The second-order valence-electron chi connectivity index (χ2n) is 5.94. The van der Waals surface area contributed by atoms with Gasteiger partial charge in [0.05, 0.1) is 23.9 Å². The van der Waals surface area contributed by atoms with Crippen molar-refractivity contribution in [1.29, 1.82) is 0 Å². The van der Waals surface area contributed by atoms with E-state index in [-0.39, 0.29) is 12.0 Å². The topological polar surface area (TPSA) is 54.5 Å². The van der Waals surface area contributed by atoms with Crippen molar-refractivity contribution < 1.29 is 9.53 Å². The van der Waals surface area contributed by atoms with Gasteiger partial charge in [0.1, 0.15) is 0 Å². The first kappa shape index (κ1) is 16.5. The van der Waals surface area contributed by atoms with Crippen molar-refractivity contribution in [1.82, 2.24) is 9.88 Å². The van der Waals surface area contributed by atoms with Gasteiger partial charge < -0.3 is 15.0 Å². The van der Waals surface area contributed by atoms with E-state index in [0.717, 1.165) is 30.8 Å². The lowest BCUT2D eigenvalue weighted by Gasteiger charge is -2.26. The number of amides is 1. The number of nitrogens with one attached hydrogen (secondary N) is 1. The van der Waals surface area contributed by atoms with Gasteiger partial charge in [0.25, 0.3) is 5.91 Å². The molecule has 1 aliphatic rings. The quantitative estimate of drug-likeness (QED) is 0.887. The molecule has 1 atom stereocenters. The molecule has 2 heterocycles. The zero-order valence-electron chi connectivity index (χ0n) is 13.9. The highest BCUT2D eigenvalue weighted by molar-refractivity contribution is 5.99. The Balaban J connectivity index is 1.83. The standard InChI is InChI=1S/C19H23N3O2/c1-20-18-10-3-2-9-17(18)19(23)22(14-16-8-6-12-24-16)13-15-7-4-5-11-21-15/h2-5,7,9-11,16,20H,6,8,12-14H2,1H3/t16-/m1/s1. The number of pyridine rings is 1. The largest absolute Gasteiger partial charge is 0.387 e. The smallest absolute Gasteiger partial charge is 0.256 e. The van der Waals surface area contributed by atoms with Gasteiger partial charge in [-0.1, -0.05) is 18.2 Å². The van der Waals surface area contributed by atoms with E-state index in [4.69, 9.17) is 4.74 Å². The third-order valence-electron chi connectivity index (χ3n) is 4.24. The summed E-state index contributed by atoms with van der Waals surface area (Å²) in [7, 11) is 1.83. The van der Waals surface area contributed by atoms with Crippen LogP contribution in [0.25, 0.3) is 0 Å². The number of carbonyl (C=O) groups is 1. The van der Waals surface area contributed by atoms with Crippen LogP contribution in [-0.4, -0.2) is 42.1 Å². The molecule has 0 aliphatic carbocycles. The van der Waals surface area contributed by atoms with Crippen molar-refractivity contribution in [2.24, 2.45) is 0 Å². The van der Waals surface area contributed by atoms with Gasteiger partial charge in [0.15, 0.2) is 0 Å². The Labute approximate surface area is 142 Å². The summed E-state index contributed by atoms with van der Waals surface area (Å²) < 4.78 is 5.73. The number of hydrogen-bond donors (Lipinski definition) is 1. The number of hydrogen-bond acceptors (Lipinski definition) is 4. The maximum atomic E-state index is 13.1. The van der Waals surface area contributed by atoms with Crippen LogP contribution >= 0.6 is 0 Å². The normalized spacial score (nSPS) is 16.8. The van der Waals surface area contributed by atoms with Gasteiger partial charge in [0, 0.05) is 32.1 Å². The fourth-order valence-corrected chi connectivity index (χ4v) is 3.00. The molecular weight excluding hydrogens is 302 g/mol. The Morgan fingerprint density at radius 1 is 1.29 bits per heavy atom. The number of aromatic nitrogens is 1. The van der Waals surface area contributed by atoms with E-state index in [9.17, 15) is 4.79 Å². The molecule has 5 heteroatoms. The molecule has 0 bridgehead atoms. The molecule has 2 aromatic rings. The van der Waals surface area contributed by atoms with Crippen LogP contribution in [0.2, 0.25) is 0 Å². The van der Waals surface area contributed by atoms with Crippen LogP contribution in [0.5, 0.6) is 0 Å². The third-order valence-corrected chi connectivity index (χ3v) is 4.24. The number of ether oxygens (including phenoxy) is 1. The van der Waals surface area contributed by atoms with E-state index < -0.39 is 0 Å². The fraction of sp³-hybridized carbons (Fsp3) is 0.368. The lowest BCUT2D eigenvalue weighted by Crippen LogP contribution is -2.37. The van der Waals surface area contributed by atoms with E-state index in [2.05, 4.69) is 10.3 Å². The Hall–Kier alpha value is -2.40. The van der Waals surface area contributed by atoms with Gasteiger partial charge in [-0.2, -0.15) is 0 Å². The van der Waals surface area contributed by atoms with Gasteiger partial charge in [0.2, 0.25) is 0 Å². The highest BCUT2D eigenvalue weighted by Gasteiger charge is 2.25. The lowest BCUT2D eigenvalue weighted by atomic mass is 10.1. The van der Waals surface area contributed by atoms with Crippen molar-refractivity contribution in [2.75, 3.05) is 25.5 Å². The van der Waals surface area contributed by atoms with Crippen molar-refractivity contribution in [2.45, 2.75) is 25.5 Å². The first-order valence-electron chi connectivity index (χ1n) is 8.35. The van der Waals surface area contributed by atoms with Crippen LogP contribution in [-0.2, 0) is 11.3 Å². The molecule has 0 saturated carbocycles. The maximum absolute atomic E-state index is 13.1. The van der Waals surface area contributed by atoms with Gasteiger partial charge in [-0.3, -0.25) is 9.78 Å². The molecule has 24 heavy (non-hydrogen) atoms. The van der Waals surface area contributed by atoms with Gasteiger partial charge >= 0.3 is 0 Å². The van der Waals surface area contributed by atoms with Crippen LogP contribution in [0, 0.1) is 0 Å².